The lowest BCUT2D eigenvalue weighted by Gasteiger charge is -2.42. The first-order chi connectivity index (χ1) is 15.4. The first-order valence-electron chi connectivity index (χ1n) is 12.9. The van der Waals surface area contributed by atoms with Crippen LogP contribution in [0.25, 0.3) is 0 Å². The summed E-state index contributed by atoms with van der Waals surface area (Å²) in [5.41, 5.74) is 8.61. The summed E-state index contributed by atoms with van der Waals surface area (Å²) in [6.07, 6.45) is 9.40. The van der Waals surface area contributed by atoms with Crippen LogP contribution in [0.1, 0.15) is 64.7 Å². The lowest BCUT2D eigenvalue weighted by molar-refractivity contribution is -0.148. The minimum absolute atomic E-state index is 0.0556. The van der Waals surface area contributed by atoms with Gasteiger partial charge in [-0.1, -0.05) is 0 Å². The minimum Gasteiger partial charge on any atom is -0.380 e. The summed E-state index contributed by atoms with van der Waals surface area (Å²) in [4.78, 5) is 29.2. The molecule has 8 heteroatoms. The fraction of sp³-hybridized carbons (Fsp3) is 0.917. The molecule has 3 saturated carbocycles. The molecule has 5 fully saturated rings. The Morgan fingerprint density at radius 3 is 2.16 bits per heavy atom. The highest BCUT2D eigenvalue weighted by molar-refractivity contribution is 5.88. The maximum Gasteiger partial charge on any atom is 0.254 e. The number of hydrazine groups is 1. The summed E-state index contributed by atoms with van der Waals surface area (Å²) in [5, 5.41) is 12.4. The number of aliphatic hydroxyl groups is 1. The molecule has 0 aromatic heterocycles. The molecule has 2 amide bonds. The van der Waals surface area contributed by atoms with Gasteiger partial charge in [0.25, 0.3) is 5.91 Å². The van der Waals surface area contributed by atoms with Crippen molar-refractivity contribution in [3.05, 3.63) is 0 Å². The van der Waals surface area contributed by atoms with Gasteiger partial charge in [-0.3, -0.25) is 15.0 Å². The normalized spacial score (nSPS) is 38.3. The molecule has 4 N–H and O–H groups in total. The van der Waals surface area contributed by atoms with Gasteiger partial charge in [0.05, 0.1) is 6.17 Å². The van der Waals surface area contributed by atoms with Crippen LogP contribution in [-0.4, -0.2) is 82.3 Å². The molecule has 180 valence electrons. The highest BCUT2D eigenvalue weighted by Crippen LogP contribution is 2.44. The Balaban J connectivity index is 1.08. The number of hydrogen-bond donors (Lipinski definition) is 3. The molecule has 0 bridgehead atoms. The smallest absolute Gasteiger partial charge is 0.254 e. The molecule has 5 rings (SSSR count). The maximum absolute atomic E-state index is 13.1. The number of carbonyl (C=O) groups is 2. The molecular weight excluding hydrogens is 406 g/mol. The van der Waals surface area contributed by atoms with Crippen LogP contribution >= 0.6 is 0 Å². The van der Waals surface area contributed by atoms with E-state index in [4.69, 9.17) is 5.73 Å². The molecular formula is C24H41N5O3. The minimum atomic E-state index is -1.10. The summed E-state index contributed by atoms with van der Waals surface area (Å²) >= 11 is 0. The average molecular weight is 448 g/mol. The van der Waals surface area contributed by atoms with Crippen molar-refractivity contribution in [2.45, 2.75) is 82.5 Å². The lowest BCUT2D eigenvalue weighted by Crippen LogP contribution is -2.54. The third-order valence-electron chi connectivity index (χ3n) is 9.12. The van der Waals surface area contributed by atoms with E-state index in [-0.39, 0.29) is 23.9 Å². The number of hydrogen-bond acceptors (Lipinski definition) is 6. The second-order valence-electron chi connectivity index (χ2n) is 11.2. The van der Waals surface area contributed by atoms with E-state index in [1.807, 2.05) is 4.90 Å². The van der Waals surface area contributed by atoms with Gasteiger partial charge in [-0.15, -0.1) is 0 Å². The van der Waals surface area contributed by atoms with E-state index in [0.717, 1.165) is 50.0 Å². The van der Waals surface area contributed by atoms with Gasteiger partial charge in [0, 0.05) is 44.7 Å². The molecule has 4 unspecified atom stereocenters. The molecule has 0 radical (unpaired) electrons. The number of nitrogens with two attached hydrogens (primary N) is 1. The Morgan fingerprint density at radius 1 is 0.938 bits per heavy atom. The number of rotatable bonds is 4. The van der Waals surface area contributed by atoms with E-state index in [1.54, 1.807) is 4.90 Å². The van der Waals surface area contributed by atoms with Crippen LogP contribution in [0.3, 0.4) is 0 Å². The Kier molecular flexibility index (Phi) is 6.24. The SMILES string of the molecule is CC(N)N1NCC2CCC(C3CCC(C(=O)N4CCN(C(=O)C5(O)CC5)CC4)CC3)CC21. The van der Waals surface area contributed by atoms with Crippen molar-refractivity contribution in [1.82, 2.24) is 20.2 Å². The number of fused-ring (bicyclic) bond motifs is 1. The quantitative estimate of drug-likeness (QED) is 0.592. The summed E-state index contributed by atoms with van der Waals surface area (Å²) in [7, 11) is 0. The Bertz CT molecular complexity index is 710. The van der Waals surface area contributed by atoms with E-state index in [9.17, 15) is 14.7 Å². The number of nitrogens with one attached hydrogen (secondary N) is 1. The van der Waals surface area contributed by atoms with Gasteiger partial charge in [0.2, 0.25) is 5.91 Å². The molecule has 4 atom stereocenters. The molecule has 2 heterocycles. The third-order valence-corrected chi connectivity index (χ3v) is 9.12. The summed E-state index contributed by atoms with van der Waals surface area (Å²) in [6.45, 7) is 5.45. The molecule has 0 aromatic carbocycles. The van der Waals surface area contributed by atoms with Crippen molar-refractivity contribution in [2.75, 3.05) is 32.7 Å². The average Bonchev–Trinajstić information content (AvgIpc) is 3.42. The predicted octanol–water partition coefficient (Wildman–Crippen LogP) is 0.898. The predicted molar refractivity (Wildman–Crippen MR) is 121 cm³/mol. The van der Waals surface area contributed by atoms with E-state index >= 15 is 0 Å². The van der Waals surface area contributed by atoms with Gasteiger partial charge in [-0.05, 0) is 82.5 Å². The van der Waals surface area contributed by atoms with Crippen LogP contribution in [0.5, 0.6) is 0 Å². The molecule has 8 nitrogen and oxygen atoms in total. The van der Waals surface area contributed by atoms with Crippen molar-refractivity contribution in [1.29, 1.82) is 0 Å². The highest BCUT2D eigenvalue weighted by Gasteiger charge is 2.50. The van der Waals surface area contributed by atoms with E-state index in [1.165, 1.54) is 19.3 Å². The molecule has 0 spiro atoms. The second-order valence-corrected chi connectivity index (χ2v) is 11.2. The van der Waals surface area contributed by atoms with Gasteiger partial charge < -0.3 is 20.6 Å². The zero-order chi connectivity index (χ0) is 22.5. The summed E-state index contributed by atoms with van der Waals surface area (Å²) in [5.74, 6) is 2.53. The van der Waals surface area contributed by atoms with Gasteiger partial charge in [0.15, 0.2) is 0 Å². The van der Waals surface area contributed by atoms with Crippen LogP contribution in [0.15, 0.2) is 0 Å². The Labute approximate surface area is 191 Å². The lowest BCUT2D eigenvalue weighted by atomic mass is 9.67. The molecule has 5 aliphatic rings. The van der Waals surface area contributed by atoms with Crippen LogP contribution in [0.2, 0.25) is 0 Å². The van der Waals surface area contributed by atoms with Gasteiger partial charge in [-0.2, -0.15) is 0 Å². The monoisotopic (exact) mass is 447 g/mol. The number of piperazine rings is 1. The van der Waals surface area contributed by atoms with Crippen molar-refractivity contribution < 1.29 is 14.7 Å². The van der Waals surface area contributed by atoms with Gasteiger partial charge in [-0.25, -0.2) is 5.01 Å². The van der Waals surface area contributed by atoms with Crippen LogP contribution in [0.4, 0.5) is 0 Å². The Morgan fingerprint density at radius 2 is 1.53 bits per heavy atom. The molecule has 2 saturated heterocycles. The van der Waals surface area contributed by atoms with E-state index < -0.39 is 5.60 Å². The fourth-order valence-corrected chi connectivity index (χ4v) is 6.89. The largest absolute Gasteiger partial charge is 0.380 e. The van der Waals surface area contributed by atoms with Crippen LogP contribution < -0.4 is 11.2 Å². The molecule has 32 heavy (non-hydrogen) atoms. The van der Waals surface area contributed by atoms with E-state index in [2.05, 4.69) is 17.4 Å². The number of carbonyl (C=O) groups excluding carboxylic acids is 2. The van der Waals surface area contributed by atoms with Crippen molar-refractivity contribution in [3.8, 4) is 0 Å². The van der Waals surface area contributed by atoms with E-state index in [0.29, 0.717) is 45.1 Å². The number of nitrogens with zero attached hydrogens (tertiary/aromatic N) is 3. The molecule has 2 aliphatic heterocycles. The van der Waals surface area contributed by atoms with Crippen molar-refractivity contribution in [2.24, 2.45) is 29.4 Å². The summed E-state index contributed by atoms with van der Waals surface area (Å²) in [6, 6.07) is 0.570. The zero-order valence-electron chi connectivity index (χ0n) is 19.5. The topological polar surface area (TPSA) is 102 Å². The maximum atomic E-state index is 13.1. The van der Waals surface area contributed by atoms with Crippen molar-refractivity contribution in [3.63, 3.8) is 0 Å². The molecule has 3 aliphatic carbocycles. The fourth-order valence-electron chi connectivity index (χ4n) is 6.89. The second kappa shape index (κ2) is 8.85. The first-order valence-corrected chi connectivity index (χ1v) is 12.9. The third kappa shape index (κ3) is 4.31. The highest BCUT2D eigenvalue weighted by atomic mass is 16.3. The van der Waals surface area contributed by atoms with Crippen LogP contribution in [0, 0.1) is 23.7 Å². The van der Waals surface area contributed by atoms with Crippen molar-refractivity contribution >= 4 is 11.8 Å². The molecule has 0 aromatic rings. The van der Waals surface area contributed by atoms with Gasteiger partial charge in [0.1, 0.15) is 5.60 Å². The zero-order valence-corrected chi connectivity index (χ0v) is 19.5. The van der Waals surface area contributed by atoms with Gasteiger partial charge >= 0.3 is 0 Å². The number of amides is 2. The van der Waals surface area contributed by atoms with Crippen LogP contribution in [-0.2, 0) is 9.59 Å². The Hall–Kier alpha value is -1.22. The summed E-state index contributed by atoms with van der Waals surface area (Å²) < 4.78 is 0. The standard InChI is InChI=1S/C24H41N5O3/c1-16(25)29-21-14-19(6-7-20(21)15-26-29)17-2-4-18(5-3-17)22(30)27-10-12-28(13-11-27)23(31)24(32)8-9-24/h16-21,26,32H,2-15,25H2,1H3. The first kappa shape index (κ1) is 22.6.